The smallest absolute Gasteiger partial charge is 0.325 e. The quantitative estimate of drug-likeness (QED) is 0.544. The van der Waals surface area contributed by atoms with Gasteiger partial charge in [0.1, 0.15) is 12.4 Å². The van der Waals surface area contributed by atoms with E-state index in [1.807, 2.05) is 24.3 Å². The van der Waals surface area contributed by atoms with E-state index >= 15 is 0 Å². The number of hydrogen-bond acceptors (Lipinski definition) is 4. The van der Waals surface area contributed by atoms with Crippen LogP contribution in [0.3, 0.4) is 0 Å². The summed E-state index contributed by atoms with van der Waals surface area (Å²) in [6, 6.07) is 15.2. The predicted molar refractivity (Wildman–Crippen MR) is 112 cm³/mol. The second kappa shape index (κ2) is 8.61. The Hall–Kier alpha value is -3.28. The number of para-hydroxylation sites is 1. The molecule has 1 aliphatic rings. The van der Waals surface area contributed by atoms with Gasteiger partial charge in [0, 0.05) is 17.5 Å². The largest absolute Gasteiger partial charge is 0.465 e. The summed E-state index contributed by atoms with van der Waals surface area (Å²) in [6.07, 6.45) is 2.12. The van der Waals surface area contributed by atoms with Crippen LogP contribution >= 0.6 is 0 Å². The molecule has 1 fully saturated rings. The van der Waals surface area contributed by atoms with Gasteiger partial charge in [-0.15, -0.1) is 0 Å². The Kier molecular flexibility index (Phi) is 5.74. The highest BCUT2D eigenvalue weighted by Crippen LogP contribution is 2.31. The predicted octanol–water partition coefficient (Wildman–Crippen LogP) is 4.46. The van der Waals surface area contributed by atoms with Crippen molar-refractivity contribution in [1.82, 2.24) is 9.88 Å². The minimum absolute atomic E-state index is 0.0777. The maximum absolute atomic E-state index is 13.5. The summed E-state index contributed by atoms with van der Waals surface area (Å²) in [6.45, 7) is 2.47. The van der Waals surface area contributed by atoms with Crippen molar-refractivity contribution in [2.24, 2.45) is 5.92 Å². The fourth-order valence-electron chi connectivity index (χ4n) is 3.49. The topological polar surface area (TPSA) is 59.5 Å². The molecule has 1 saturated carbocycles. The number of benzene rings is 2. The maximum Gasteiger partial charge on any atom is 0.325 e. The average molecular weight is 406 g/mol. The van der Waals surface area contributed by atoms with Crippen LogP contribution in [0, 0.1) is 11.7 Å². The molecule has 154 valence electrons. The van der Waals surface area contributed by atoms with E-state index in [4.69, 9.17) is 4.74 Å². The SMILES string of the molecule is CCOC(=O)CN(CC1CC1)C(=O)c1cc(-c2ccc(F)cc2)nc2ccccc12. The third kappa shape index (κ3) is 4.48. The van der Waals surface area contributed by atoms with Gasteiger partial charge in [0.15, 0.2) is 0 Å². The summed E-state index contributed by atoms with van der Waals surface area (Å²) in [5.74, 6) is -0.547. The first-order chi connectivity index (χ1) is 14.5. The van der Waals surface area contributed by atoms with E-state index in [9.17, 15) is 14.0 Å². The number of carbonyl (C=O) groups excluding carboxylic acids is 2. The van der Waals surface area contributed by atoms with Crippen LogP contribution in [0.5, 0.6) is 0 Å². The van der Waals surface area contributed by atoms with Crippen LogP contribution in [0.4, 0.5) is 4.39 Å². The number of hydrogen-bond donors (Lipinski definition) is 0. The third-order valence-electron chi connectivity index (χ3n) is 5.17. The number of ether oxygens (including phenoxy) is 1. The molecular weight excluding hydrogens is 383 g/mol. The molecule has 30 heavy (non-hydrogen) atoms. The van der Waals surface area contributed by atoms with Gasteiger partial charge in [0.25, 0.3) is 5.91 Å². The van der Waals surface area contributed by atoms with Gasteiger partial charge in [0.2, 0.25) is 0 Å². The zero-order chi connectivity index (χ0) is 21.1. The summed E-state index contributed by atoms with van der Waals surface area (Å²) < 4.78 is 18.4. The molecule has 0 spiro atoms. The van der Waals surface area contributed by atoms with Gasteiger partial charge in [0.05, 0.1) is 23.4 Å². The minimum atomic E-state index is -0.413. The molecule has 1 amide bonds. The Morgan fingerprint density at radius 1 is 1.13 bits per heavy atom. The highest BCUT2D eigenvalue weighted by molar-refractivity contribution is 6.07. The summed E-state index contributed by atoms with van der Waals surface area (Å²) in [4.78, 5) is 31.9. The van der Waals surface area contributed by atoms with Gasteiger partial charge in [-0.1, -0.05) is 18.2 Å². The Labute approximate surface area is 174 Å². The molecule has 1 aliphatic carbocycles. The summed E-state index contributed by atoms with van der Waals surface area (Å²) in [5.41, 5.74) is 2.45. The first-order valence-electron chi connectivity index (χ1n) is 10.2. The van der Waals surface area contributed by atoms with Gasteiger partial charge in [-0.25, -0.2) is 9.37 Å². The molecule has 0 radical (unpaired) electrons. The monoisotopic (exact) mass is 406 g/mol. The lowest BCUT2D eigenvalue weighted by Gasteiger charge is -2.23. The second-order valence-corrected chi connectivity index (χ2v) is 7.51. The number of carbonyl (C=O) groups is 2. The van der Waals surface area contributed by atoms with Crippen LogP contribution in [-0.2, 0) is 9.53 Å². The molecule has 6 heteroatoms. The molecule has 0 aliphatic heterocycles. The number of aromatic nitrogens is 1. The summed E-state index contributed by atoms with van der Waals surface area (Å²) in [5, 5.41) is 0.720. The van der Waals surface area contributed by atoms with E-state index in [2.05, 4.69) is 4.98 Å². The van der Waals surface area contributed by atoms with Crippen molar-refractivity contribution in [2.75, 3.05) is 19.7 Å². The number of esters is 1. The number of halogens is 1. The number of nitrogens with zero attached hydrogens (tertiary/aromatic N) is 2. The molecule has 0 unspecified atom stereocenters. The van der Waals surface area contributed by atoms with Gasteiger partial charge >= 0.3 is 5.97 Å². The summed E-state index contributed by atoms with van der Waals surface area (Å²) in [7, 11) is 0. The Morgan fingerprint density at radius 3 is 2.57 bits per heavy atom. The first kappa shape index (κ1) is 20.0. The van der Waals surface area contributed by atoms with E-state index in [1.165, 1.54) is 12.1 Å². The molecule has 3 aromatic rings. The van der Waals surface area contributed by atoms with Crippen molar-refractivity contribution in [2.45, 2.75) is 19.8 Å². The molecule has 1 aromatic heterocycles. The van der Waals surface area contributed by atoms with Crippen LogP contribution in [0.15, 0.2) is 54.6 Å². The lowest BCUT2D eigenvalue weighted by Crippen LogP contribution is -2.38. The van der Waals surface area contributed by atoms with E-state index in [0.717, 1.165) is 23.8 Å². The molecule has 0 atom stereocenters. The lowest BCUT2D eigenvalue weighted by molar-refractivity contribution is -0.143. The first-order valence-corrected chi connectivity index (χ1v) is 10.2. The van der Waals surface area contributed by atoms with Crippen molar-refractivity contribution < 1.29 is 18.7 Å². The molecule has 0 bridgehead atoms. The zero-order valence-electron chi connectivity index (χ0n) is 16.8. The Morgan fingerprint density at radius 2 is 1.87 bits per heavy atom. The highest BCUT2D eigenvalue weighted by atomic mass is 19.1. The van der Waals surface area contributed by atoms with Crippen molar-refractivity contribution >= 4 is 22.8 Å². The number of fused-ring (bicyclic) bond motifs is 1. The van der Waals surface area contributed by atoms with Crippen LogP contribution in [0.25, 0.3) is 22.2 Å². The number of pyridine rings is 1. The van der Waals surface area contributed by atoms with Gasteiger partial charge in [-0.05, 0) is 62.1 Å². The van der Waals surface area contributed by atoms with E-state index in [1.54, 1.807) is 30.0 Å². The maximum atomic E-state index is 13.5. The minimum Gasteiger partial charge on any atom is -0.465 e. The molecule has 0 saturated heterocycles. The molecule has 2 aromatic carbocycles. The van der Waals surface area contributed by atoms with Crippen LogP contribution in [0.1, 0.15) is 30.1 Å². The van der Waals surface area contributed by atoms with Crippen molar-refractivity contribution in [3.63, 3.8) is 0 Å². The van der Waals surface area contributed by atoms with Gasteiger partial charge in [-0.3, -0.25) is 9.59 Å². The number of rotatable bonds is 7. The van der Waals surface area contributed by atoms with Gasteiger partial charge < -0.3 is 9.64 Å². The second-order valence-electron chi connectivity index (χ2n) is 7.51. The van der Waals surface area contributed by atoms with Crippen LogP contribution < -0.4 is 0 Å². The highest BCUT2D eigenvalue weighted by Gasteiger charge is 2.30. The normalized spacial score (nSPS) is 13.3. The van der Waals surface area contributed by atoms with Gasteiger partial charge in [-0.2, -0.15) is 0 Å². The molecule has 4 rings (SSSR count). The average Bonchev–Trinajstić information content (AvgIpc) is 3.57. The standard InChI is InChI=1S/C24H23FN2O3/c1-2-30-23(28)15-27(14-16-7-8-16)24(29)20-13-22(17-9-11-18(25)12-10-17)26-21-6-4-3-5-19(20)21/h3-6,9-13,16H,2,7-8,14-15H2,1H3. The molecular formula is C24H23FN2O3. The van der Waals surface area contributed by atoms with Crippen molar-refractivity contribution in [3.8, 4) is 11.3 Å². The third-order valence-corrected chi connectivity index (χ3v) is 5.17. The Balaban J connectivity index is 1.75. The number of amides is 1. The van der Waals surface area contributed by atoms with Crippen LogP contribution in [0.2, 0.25) is 0 Å². The molecule has 5 nitrogen and oxygen atoms in total. The van der Waals surface area contributed by atoms with Crippen molar-refractivity contribution in [3.05, 3.63) is 66.0 Å². The fourth-order valence-corrected chi connectivity index (χ4v) is 3.49. The molecule has 0 N–H and O–H groups in total. The van der Waals surface area contributed by atoms with E-state index in [-0.39, 0.29) is 24.9 Å². The Bertz CT molecular complexity index is 1080. The van der Waals surface area contributed by atoms with E-state index in [0.29, 0.717) is 29.2 Å². The fraction of sp³-hybridized carbons (Fsp3) is 0.292. The van der Waals surface area contributed by atoms with Crippen molar-refractivity contribution in [1.29, 1.82) is 0 Å². The zero-order valence-corrected chi connectivity index (χ0v) is 16.8. The lowest BCUT2D eigenvalue weighted by atomic mass is 10.0. The summed E-state index contributed by atoms with van der Waals surface area (Å²) >= 11 is 0. The van der Waals surface area contributed by atoms with Crippen LogP contribution in [-0.4, -0.2) is 41.5 Å². The van der Waals surface area contributed by atoms with E-state index < -0.39 is 5.97 Å². The molecule has 1 heterocycles.